The number of benzene rings is 1. The largest absolute Gasteiger partial charge is 0.300 e. The summed E-state index contributed by atoms with van der Waals surface area (Å²) < 4.78 is 0. The van der Waals surface area contributed by atoms with E-state index in [9.17, 15) is 14.9 Å². The van der Waals surface area contributed by atoms with Crippen molar-refractivity contribution in [3.8, 4) is 0 Å². The second-order valence-corrected chi connectivity index (χ2v) is 4.07. The van der Waals surface area contributed by atoms with Gasteiger partial charge in [0.2, 0.25) is 0 Å². The molecule has 0 saturated heterocycles. The first kappa shape index (κ1) is 13.4. The molecule has 0 aliphatic carbocycles. The minimum absolute atomic E-state index is 0.107. The lowest BCUT2D eigenvalue weighted by molar-refractivity contribution is -0.384. The van der Waals surface area contributed by atoms with Gasteiger partial charge in [0.25, 0.3) is 5.69 Å². The number of rotatable bonds is 7. The number of nitrogens with zero attached hydrogens (tertiary/aromatic N) is 1. The average molecular weight is 235 g/mol. The van der Waals surface area contributed by atoms with Gasteiger partial charge in [-0.15, -0.1) is 0 Å². The van der Waals surface area contributed by atoms with Crippen LogP contribution in [0.25, 0.3) is 0 Å². The van der Waals surface area contributed by atoms with E-state index in [-0.39, 0.29) is 5.69 Å². The van der Waals surface area contributed by atoms with Crippen LogP contribution in [0.4, 0.5) is 5.69 Å². The van der Waals surface area contributed by atoms with E-state index in [4.69, 9.17) is 0 Å². The predicted octanol–water partition coefficient (Wildman–Crippen LogP) is 3.29. The highest BCUT2D eigenvalue weighted by molar-refractivity contribution is 5.78. The Morgan fingerprint density at radius 1 is 1.24 bits per heavy atom. The molecule has 1 aromatic carbocycles. The van der Waals surface area contributed by atoms with Crippen LogP contribution in [-0.4, -0.2) is 10.7 Å². The molecule has 0 unspecified atom stereocenters. The summed E-state index contributed by atoms with van der Waals surface area (Å²) in [5.41, 5.74) is 1.15. The average Bonchev–Trinajstić information content (AvgIpc) is 2.30. The molecule has 0 N–H and O–H groups in total. The van der Waals surface area contributed by atoms with Gasteiger partial charge in [-0.2, -0.15) is 0 Å². The van der Waals surface area contributed by atoms with Crippen LogP contribution in [0.15, 0.2) is 24.3 Å². The second-order valence-electron chi connectivity index (χ2n) is 4.07. The number of aryl methyl sites for hydroxylation is 1. The molecule has 0 spiro atoms. The van der Waals surface area contributed by atoms with Crippen LogP contribution in [0.5, 0.6) is 0 Å². The summed E-state index contributed by atoms with van der Waals surface area (Å²) in [6.45, 7) is 1.99. The third kappa shape index (κ3) is 4.76. The van der Waals surface area contributed by atoms with Crippen molar-refractivity contribution in [2.24, 2.45) is 0 Å². The maximum atomic E-state index is 11.3. The van der Waals surface area contributed by atoms with Crippen LogP contribution < -0.4 is 0 Å². The standard InChI is InChI=1S/C13H17NO3/c1-2-4-13(15)6-3-5-11-7-9-12(10-8-11)14(16)17/h7-10H,2-6H2,1H3. The van der Waals surface area contributed by atoms with Gasteiger partial charge < -0.3 is 0 Å². The molecule has 0 radical (unpaired) electrons. The van der Waals surface area contributed by atoms with Crippen molar-refractivity contribution in [1.82, 2.24) is 0 Å². The van der Waals surface area contributed by atoms with Gasteiger partial charge >= 0.3 is 0 Å². The number of non-ortho nitro benzene ring substituents is 1. The normalized spacial score (nSPS) is 10.2. The van der Waals surface area contributed by atoms with Gasteiger partial charge in [0.05, 0.1) is 4.92 Å². The summed E-state index contributed by atoms with van der Waals surface area (Å²) in [6.07, 6.45) is 3.77. The van der Waals surface area contributed by atoms with E-state index in [2.05, 4.69) is 0 Å². The van der Waals surface area contributed by atoms with Crippen molar-refractivity contribution in [2.45, 2.75) is 39.0 Å². The van der Waals surface area contributed by atoms with E-state index in [1.54, 1.807) is 12.1 Å². The Labute approximate surface area is 101 Å². The summed E-state index contributed by atoms with van der Waals surface area (Å²) in [7, 11) is 0. The van der Waals surface area contributed by atoms with E-state index in [0.717, 1.165) is 24.8 Å². The highest BCUT2D eigenvalue weighted by Crippen LogP contribution is 2.13. The summed E-state index contributed by atoms with van der Waals surface area (Å²) in [5.74, 6) is 0.300. The van der Waals surface area contributed by atoms with Crippen molar-refractivity contribution in [3.05, 3.63) is 39.9 Å². The van der Waals surface area contributed by atoms with Gasteiger partial charge in [0, 0.05) is 25.0 Å². The zero-order valence-electron chi connectivity index (χ0n) is 10.0. The summed E-state index contributed by atoms with van der Waals surface area (Å²) in [4.78, 5) is 21.3. The molecule has 0 fully saturated rings. The number of hydrogen-bond donors (Lipinski definition) is 0. The molecule has 0 atom stereocenters. The Kier molecular flexibility index (Phi) is 5.33. The lowest BCUT2D eigenvalue weighted by Gasteiger charge is -2.01. The molecule has 0 aromatic heterocycles. The van der Waals surface area contributed by atoms with Crippen LogP contribution in [0.1, 0.15) is 38.2 Å². The molecule has 0 aliphatic heterocycles. The summed E-state index contributed by atoms with van der Waals surface area (Å²) >= 11 is 0. The number of nitro groups is 1. The molecule has 0 aliphatic rings. The van der Waals surface area contributed by atoms with Gasteiger partial charge in [-0.1, -0.05) is 19.1 Å². The number of Topliss-reactive ketones (excluding diaryl/α,β-unsaturated/α-hetero) is 1. The third-order valence-corrected chi connectivity index (χ3v) is 2.60. The zero-order chi connectivity index (χ0) is 12.7. The van der Waals surface area contributed by atoms with Crippen LogP contribution >= 0.6 is 0 Å². The molecule has 0 amide bonds. The number of carbonyl (C=O) groups is 1. The van der Waals surface area contributed by atoms with Crippen molar-refractivity contribution >= 4 is 11.5 Å². The number of nitro benzene ring substituents is 1. The Morgan fingerprint density at radius 3 is 2.41 bits per heavy atom. The predicted molar refractivity (Wildman–Crippen MR) is 65.9 cm³/mol. The minimum Gasteiger partial charge on any atom is -0.300 e. The van der Waals surface area contributed by atoms with Crippen molar-refractivity contribution in [2.75, 3.05) is 0 Å². The fourth-order valence-electron chi connectivity index (χ4n) is 1.68. The monoisotopic (exact) mass is 235 g/mol. The lowest BCUT2D eigenvalue weighted by Crippen LogP contribution is -1.98. The van der Waals surface area contributed by atoms with Gasteiger partial charge in [0.15, 0.2) is 0 Å². The maximum absolute atomic E-state index is 11.3. The molecule has 1 aromatic rings. The third-order valence-electron chi connectivity index (χ3n) is 2.60. The Morgan fingerprint density at radius 2 is 1.88 bits per heavy atom. The van der Waals surface area contributed by atoms with Gasteiger partial charge in [-0.05, 0) is 24.8 Å². The Balaban J connectivity index is 2.37. The fourth-order valence-corrected chi connectivity index (χ4v) is 1.68. The Hall–Kier alpha value is -1.71. The van der Waals surface area contributed by atoms with E-state index < -0.39 is 4.92 Å². The van der Waals surface area contributed by atoms with Crippen LogP contribution in [0.2, 0.25) is 0 Å². The molecule has 92 valence electrons. The maximum Gasteiger partial charge on any atom is 0.269 e. The number of hydrogen-bond acceptors (Lipinski definition) is 3. The molecule has 17 heavy (non-hydrogen) atoms. The molecule has 0 heterocycles. The van der Waals surface area contributed by atoms with E-state index in [1.165, 1.54) is 12.1 Å². The lowest BCUT2D eigenvalue weighted by atomic mass is 10.0. The molecular formula is C13H17NO3. The van der Waals surface area contributed by atoms with E-state index in [0.29, 0.717) is 18.6 Å². The second kappa shape index (κ2) is 6.78. The quantitative estimate of drug-likeness (QED) is 0.538. The number of carbonyl (C=O) groups excluding carboxylic acids is 1. The minimum atomic E-state index is -0.408. The van der Waals surface area contributed by atoms with Gasteiger partial charge in [-0.25, -0.2) is 0 Å². The first-order valence-electron chi connectivity index (χ1n) is 5.88. The molecule has 1 rings (SSSR count). The van der Waals surface area contributed by atoms with Crippen LogP contribution in [0, 0.1) is 10.1 Å². The summed E-state index contributed by atoms with van der Waals surface area (Å²) in [6, 6.07) is 6.51. The van der Waals surface area contributed by atoms with Crippen molar-refractivity contribution < 1.29 is 9.72 Å². The topological polar surface area (TPSA) is 60.2 Å². The van der Waals surface area contributed by atoms with E-state index in [1.807, 2.05) is 6.92 Å². The first-order chi connectivity index (χ1) is 8.13. The fraction of sp³-hybridized carbons (Fsp3) is 0.462. The smallest absolute Gasteiger partial charge is 0.269 e. The molecule has 4 heteroatoms. The molecular weight excluding hydrogens is 218 g/mol. The molecule has 0 saturated carbocycles. The van der Waals surface area contributed by atoms with E-state index >= 15 is 0 Å². The van der Waals surface area contributed by atoms with Crippen LogP contribution in [0.3, 0.4) is 0 Å². The van der Waals surface area contributed by atoms with Crippen molar-refractivity contribution in [1.29, 1.82) is 0 Å². The van der Waals surface area contributed by atoms with Crippen molar-refractivity contribution in [3.63, 3.8) is 0 Å². The number of ketones is 1. The Bertz CT molecular complexity index is 384. The SMILES string of the molecule is CCCC(=O)CCCc1ccc([N+](=O)[O-])cc1. The highest BCUT2D eigenvalue weighted by Gasteiger charge is 2.04. The molecule has 4 nitrogen and oxygen atoms in total. The van der Waals surface area contributed by atoms with Crippen LogP contribution in [-0.2, 0) is 11.2 Å². The van der Waals surface area contributed by atoms with Gasteiger partial charge in [-0.3, -0.25) is 14.9 Å². The van der Waals surface area contributed by atoms with Gasteiger partial charge in [0.1, 0.15) is 5.78 Å². The molecule has 0 bridgehead atoms. The summed E-state index contributed by atoms with van der Waals surface area (Å²) in [5, 5.41) is 10.4. The first-order valence-corrected chi connectivity index (χ1v) is 5.88. The zero-order valence-corrected chi connectivity index (χ0v) is 10.0. The highest BCUT2D eigenvalue weighted by atomic mass is 16.6.